The van der Waals surface area contributed by atoms with Crippen molar-refractivity contribution in [2.45, 2.75) is 32.4 Å². The predicted molar refractivity (Wildman–Crippen MR) is 85.8 cm³/mol. The van der Waals surface area contributed by atoms with E-state index in [0.717, 1.165) is 5.75 Å². The summed E-state index contributed by atoms with van der Waals surface area (Å²) < 4.78 is 5.71. The van der Waals surface area contributed by atoms with Gasteiger partial charge in [-0.3, -0.25) is 4.90 Å². The van der Waals surface area contributed by atoms with Gasteiger partial charge >= 0.3 is 0 Å². The lowest BCUT2D eigenvalue weighted by atomic mass is 10.1. The molecule has 1 aromatic carbocycles. The van der Waals surface area contributed by atoms with E-state index in [0.29, 0.717) is 19.2 Å². The first-order valence-corrected chi connectivity index (χ1v) is 8.37. The van der Waals surface area contributed by atoms with E-state index in [1.165, 1.54) is 29.1 Å². The molecular formula is C16H25NO2S. The molecule has 2 unspecified atom stereocenters. The maximum absolute atomic E-state index is 10.1. The van der Waals surface area contributed by atoms with Gasteiger partial charge in [-0.15, -0.1) is 0 Å². The van der Waals surface area contributed by atoms with E-state index in [2.05, 4.69) is 31.9 Å². The molecule has 1 saturated heterocycles. The first kappa shape index (κ1) is 15.7. The lowest BCUT2D eigenvalue weighted by molar-refractivity contribution is 0.0664. The van der Waals surface area contributed by atoms with Crippen LogP contribution in [0.1, 0.15) is 17.5 Å². The molecule has 1 aromatic rings. The fourth-order valence-electron chi connectivity index (χ4n) is 2.61. The van der Waals surface area contributed by atoms with Crippen LogP contribution < -0.4 is 4.74 Å². The number of aliphatic hydroxyl groups is 1. The van der Waals surface area contributed by atoms with Gasteiger partial charge in [-0.2, -0.15) is 11.8 Å². The lowest BCUT2D eigenvalue weighted by Gasteiger charge is -2.26. The van der Waals surface area contributed by atoms with E-state index >= 15 is 0 Å². The summed E-state index contributed by atoms with van der Waals surface area (Å²) in [6, 6.07) is 6.75. The topological polar surface area (TPSA) is 32.7 Å². The van der Waals surface area contributed by atoms with Gasteiger partial charge in [0.15, 0.2) is 0 Å². The third-order valence-corrected chi connectivity index (χ3v) is 4.81. The largest absolute Gasteiger partial charge is 0.491 e. The SMILES string of the molecule is Cc1cc(C)cc(OCC(O)CN(C)C2CCSC2)c1. The van der Waals surface area contributed by atoms with E-state index in [4.69, 9.17) is 4.74 Å². The molecule has 0 amide bonds. The summed E-state index contributed by atoms with van der Waals surface area (Å²) in [5.74, 6) is 3.27. The molecule has 0 saturated carbocycles. The number of likely N-dealkylation sites (N-methyl/N-ethyl adjacent to an activating group) is 1. The number of hydrogen-bond donors (Lipinski definition) is 1. The highest BCUT2D eigenvalue weighted by atomic mass is 32.2. The van der Waals surface area contributed by atoms with Crippen LogP contribution in [0.5, 0.6) is 5.75 Å². The van der Waals surface area contributed by atoms with Gasteiger partial charge < -0.3 is 9.84 Å². The maximum Gasteiger partial charge on any atom is 0.119 e. The van der Waals surface area contributed by atoms with E-state index in [1.807, 2.05) is 23.9 Å². The van der Waals surface area contributed by atoms with Gasteiger partial charge in [-0.1, -0.05) is 6.07 Å². The monoisotopic (exact) mass is 295 g/mol. The van der Waals surface area contributed by atoms with Crippen LogP contribution in [0.4, 0.5) is 0 Å². The highest BCUT2D eigenvalue weighted by molar-refractivity contribution is 7.99. The molecule has 3 nitrogen and oxygen atoms in total. The summed E-state index contributed by atoms with van der Waals surface area (Å²) in [4.78, 5) is 2.26. The van der Waals surface area contributed by atoms with E-state index in [1.54, 1.807) is 0 Å². The van der Waals surface area contributed by atoms with Crippen LogP contribution in [0.2, 0.25) is 0 Å². The van der Waals surface area contributed by atoms with Gasteiger partial charge in [0, 0.05) is 18.3 Å². The molecule has 0 radical (unpaired) electrons. The molecule has 1 aliphatic rings. The van der Waals surface area contributed by atoms with Crippen molar-refractivity contribution in [2.24, 2.45) is 0 Å². The zero-order chi connectivity index (χ0) is 14.5. The second-order valence-electron chi connectivity index (χ2n) is 5.75. The molecule has 112 valence electrons. The van der Waals surface area contributed by atoms with Crippen molar-refractivity contribution in [3.8, 4) is 5.75 Å². The maximum atomic E-state index is 10.1. The summed E-state index contributed by atoms with van der Waals surface area (Å²) in [6.07, 6.45) is 0.789. The highest BCUT2D eigenvalue weighted by Gasteiger charge is 2.21. The van der Waals surface area contributed by atoms with Crippen molar-refractivity contribution in [3.63, 3.8) is 0 Å². The standard InChI is InChI=1S/C16H25NO2S/c1-12-6-13(2)8-16(7-12)19-10-15(18)9-17(3)14-4-5-20-11-14/h6-8,14-15,18H,4-5,9-11H2,1-3H3. The molecule has 0 spiro atoms. The summed E-state index contributed by atoms with van der Waals surface area (Å²) >= 11 is 2.00. The van der Waals surface area contributed by atoms with Crippen molar-refractivity contribution in [1.29, 1.82) is 0 Å². The average Bonchev–Trinajstić information content (AvgIpc) is 2.89. The summed E-state index contributed by atoms with van der Waals surface area (Å²) in [5.41, 5.74) is 2.38. The van der Waals surface area contributed by atoms with Crippen LogP contribution in [0.3, 0.4) is 0 Å². The number of thioether (sulfide) groups is 1. The Labute approximate surface area is 126 Å². The molecule has 2 rings (SSSR count). The number of ether oxygens (including phenoxy) is 1. The van der Waals surface area contributed by atoms with Crippen molar-refractivity contribution < 1.29 is 9.84 Å². The van der Waals surface area contributed by atoms with Crippen molar-refractivity contribution in [2.75, 3.05) is 31.7 Å². The minimum atomic E-state index is -0.439. The quantitative estimate of drug-likeness (QED) is 0.874. The number of aryl methyl sites for hydroxylation is 2. The first-order valence-electron chi connectivity index (χ1n) is 7.22. The Balaban J connectivity index is 1.77. The average molecular weight is 295 g/mol. The Bertz CT molecular complexity index is 412. The van der Waals surface area contributed by atoms with Crippen LogP contribution in [-0.4, -0.2) is 53.9 Å². The molecule has 0 aromatic heterocycles. The summed E-state index contributed by atoms with van der Waals surface area (Å²) in [7, 11) is 2.09. The fraction of sp³-hybridized carbons (Fsp3) is 0.625. The normalized spacial score (nSPS) is 20.4. The third-order valence-electron chi connectivity index (χ3n) is 3.67. The number of nitrogens with zero attached hydrogens (tertiary/aromatic N) is 1. The van der Waals surface area contributed by atoms with Crippen molar-refractivity contribution >= 4 is 11.8 Å². The molecule has 0 bridgehead atoms. The highest BCUT2D eigenvalue weighted by Crippen LogP contribution is 2.21. The Morgan fingerprint density at radius 2 is 2.05 bits per heavy atom. The Morgan fingerprint density at radius 1 is 1.35 bits per heavy atom. The fourth-order valence-corrected chi connectivity index (χ4v) is 3.91. The zero-order valence-electron chi connectivity index (χ0n) is 12.6. The van der Waals surface area contributed by atoms with Crippen molar-refractivity contribution in [1.82, 2.24) is 4.90 Å². The van der Waals surface area contributed by atoms with Crippen LogP contribution in [0, 0.1) is 13.8 Å². The zero-order valence-corrected chi connectivity index (χ0v) is 13.4. The van der Waals surface area contributed by atoms with Gasteiger partial charge in [0.1, 0.15) is 18.5 Å². The smallest absolute Gasteiger partial charge is 0.119 e. The molecule has 1 heterocycles. The van der Waals surface area contributed by atoms with E-state index in [9.17, 15) is 5.11 Å². The first-order chi connectivity index (χ1) is 9.54. The summed E-state index contributed by atoms with van der Waals surface area (Å²) in [5, 5.41) is 10.1. The Hall–Kier alpha value is -0.710. The van der Waals surface area contributed by atoms with E-state index < -0.39 is 6.10 Å². The van der Waals surface area contributed by atoms with Crippen LogP contribution >= 0.6 is 11.8 Å². The van der Waals surface area contributed by atoms with Gasteiger partial charge in [0.25, 0.3) is 0 Å². The number of hydrogen-bond acceptors (Lipinski definition) is 4. The molecule has 1 N–H and O–H groups in total. The molecule has 2 atom stereocenters. The molecule has 1 fully saturated rings. The number of benzene rings is 1. The molecule has 0 aliphatic carbocycles. The number of rotatable bonds is 6. The van der Waals surface area contributed by atoms with Crippen LogP contribution in [-0.2, 0) is 0 Å². The second kappa shape index (κ2) is 7.34. The third kappa shape index (κ3) is 4.69. The van der Waals surface area contributed by atoms with Crippen LogP contribution in [0.25, 0.3) is 0 Å². The summed E-state index contributed by atoms with van der Waals surface area (Å²) in [6.45, 7) is 5.15. The minimum Gasteiger partial charge on any atom is -0.491 e. The number of aliphatic hydroxyl groups excluding tert-OH is 1. The van der Waals surface area contributed by atoms with E-state index in [-0.39, 0.29) is 0 Å². The van der Waals surface area contributed by atoms with Gasteiger partial charge in [-0.25, -0.2) is 0 Å². The Kier molecular flexibility index (Phi) is 5.75. The second-order valence-corrected chi connectivity index (χ2v) is 6.90. The molecule has 4 heteroatoms. The van der Waals surface area contributed by atoms with Gasteiger partial charge in [0.05, 0.1) is 0 Å². The lowest BCUT2D eigenvalue weighted by Crippen LogP contribution is -2.39. The molecule has 1 aliphatic heterocycles. The minimum absolute atomic E-state index is 0.354. The van der Waals surface area contributed by atoms with Gasteiger partial charge in [-0.05, 0) is 56.3 Å². The van der Waals surface area contributed by atoms with Crippen molar-refractivity contribution in [3.05, 3.63) is 29.3 Å². The predicted octanol–water partition coefficient (Wildman–Crippen LogP) is 2.48. The molecular weight excluding hydrogens is 270 g/mol. The Morgan fingerprint density at radius 3 is 2.65 bits per heavy atom. The van der Waals surface area contributed by atoms with Crippen LogP contribution in [0.15, 0.2) is 18.2 Å². The van der Waals surface area contributed by atoms with Gasteiger partial charge in [0.2, 0.25) is 0 Å². The molecule has 20 heavy (non-hydrogen) atoms.